The molecule has 86 valence electrons. The third-order valence-electron chi connectivity index (χ3n) is 1.84. The summed E-state index contributed by atoms with van der Waals surface area (Å²) in [4.78, 5) is 21.5. The number of carbonyl (C=O) groups excluding carboxylic acids is 1. The molecule has 0 aromatic heterocycles. The van der Waals surface area contributed by atoms with Crippen LogP contribution in [0.5, 0.6) is 11.5 Å². The topological polar surface area (TPSA) is 72.8 Å². The fraction of sp³-hybridized carbons (Fsp3) is 0.273. The molecule has 0 aliphatic rings. The van der Waals surface area contributed by atoms with Crippen molar-refractivity contribution in [1.29, 1.82) is 0 Å². The van der Waals surface area contributed by atoms with Crippen LogP contribution < -0.4 is 9.47 Å². The Kier molecular flexibility index (Phi) is 3.88. The Hall–Kier alpha value is -2.04. The number of aromatic carboxylic acids is 1. The normalized spacial score (nSPS) is 9.62. The summed E-state index contributed by atoms with van der Waals surface area (Å²) >= 11 is 0. The van der Waals surface area contributed by atoms with Gasteiger partial charge < -0.3 is 14.6 Å². The fourth-order valence-corrected chi connectivity index (χ4v) is 1.10. The average Bonchev–Trinajstić information content (AvgIpc) is 2.25. The lowest BCUT2D eigenvalue weighted by molar-refractivity contribution is -0.118. The lowest BCUT2D eigenvalue weighted by Crippen LogP contribution is -2.08. The predicted octanol–water partition coefficient (Wildman–Crippen LogP) is 1.36. The molecule has 16 heavy (non-hydrogen) atoms. The van der Waals surface area contributed by atoms with Crippen LogP contribution in [0.2, 0.25) is 0 Å². The number of hydrogen-bond donors (Lipinski definition) is 1. The van der Waals surface area contributed by atoms with Crippen molar-refractivity contribution < 1.29 is 24.2 Å². The molecular formula is C11H12O5. The molecule has 0 saturated carbocycles. The van der Waals surface area contributed by atoms with E-state index in [2.05, 4.69) is 0 Å². The largest absolute Gasteiger partial charge is 0.493 e. The fourth-order valence-electron chi connectivity index (χ4n) is 1.10. The molecule has 1 aromatic rings. The molecular weight excluding hydrogens is 212 g/mol. The Morgan fingerprint density at radius 2 is 2.00 bits per heavy atom. The van der Waals surface area contributed by atoms with E-state index in [-0.39, 0.29) is 23.7 Å². The van der Waals surface area contributed by atoms with Crippen LogP contribution in [0.25, 0.3) is 0 Å². The van der Waals surface area contributed by atoms with E-state index in [0.717, 1.165) is 0 Å². The minimum absolute atomic E-state index is 0.0827. The highest BCUT2D eigenvalue weighted by Gasteiger charge is 2.10. The molecule has 0 heterocycles. The molecule has 1 rings (SSSR count). The quantitative estimate of drug-likeness (QED) is 0.817. The number of carboxylic acids is 1. The van der Waals surface area contributed by atoms with Crippen molar-refractivity contribution in [3.63, 3.8) is 0 Å². The molecule has 5 heteroatoms. The van der Waals surface area contributed by atoms with Gasteiger partial charge in [0.1, 0.15) is 6.61 Å². The molecule has 0 aliphatic carbocycles. The first kappa shape index (κ1) is 12.0. The molecule has 0 aliphatic heterocycles. The van der Waals surface area contributed by atoms with Gasteiger partial charge in [0.25, 0.3) is 0 Å². The Labute approximate surface area is 92.6 Å². The van der Waals surface area contributed by atoms with Gasteiger partial charge in [-0.3, -0.25) is 4.79 Å². The Balaban J connectivity index is 2.97. The molecule has 0 radical (unpaired) electrons. The summed E-state index contributed by atoms with van der Waals surface area (Å²) in [5, 5.41) is 8.79. The van der Waals surface area contributed by atoms with Gasteiger partial charge in [-0.05, 0) is 25.1 Å². The highest BCUT2D eigenvalue weighted by molar-refractivity contribution is 5.88. The third kappa shape index (κ3) is 2.98. The summed E-state index contributed by atoms with van der Waals surface area (Å²) in [5.41, 5.74) is 0.0827. The Morgan fingerprint density at radius 3 is 2.50 bits per heavy atom. The number of ketones is 1. The molecule has 0 saturated heterocycles. The number of ether oxygens (including phenoxy) is 2. The van der Waals surface area contributed by atoms with Crippen molar-refractivity contribution in [3.05, 3.63) is 23.8 Å². The maximum atomic E-state index is 10.8. The van der Waals surface area contributed by atoms with E-state index in [1.165, 1.54) is 32.2 Å². The molecule has 5 nitrogen and oxygen atoms in total. The van der Waals surface area contributed by atoms with Crippen LogP contribution in [0.3, 0.4) is 0 Å². The van der Waals surface area contributed by atoms with Gasteiger partial charge in [0.2, 0.25) is 0 Å². The van der Waals surface area contributed by atoms with Gasteiger partial charge in [-0.25, -0.2) is 4.79 Å². The zero-order valence-corrected chi connectivity index (χ0v) is 9.02. The van der Waals surface area contributed by atoms with Crippen molar-refractivity contribution >= 4 is 11.8 Å². The van der Waals surface area contributed by atoms with Crippen LogP contribution in [-0.4, -0.2) is 30.6 Å². The van der Waals surface area contributed by atoms with Gasteiger partial charge in [-0.15, -0.1) is 0 Å². The summed E-state index contributed by atoms with van der Waals surface area (Å²) in [6, 6.07) is 4.21. The van der Waals surface area contributed by atoms with Crippen LogP contribution >= 0.6 is 0 Å². The van der Waals surface area contributed by atoms with E-state index in [4.69, 9.17) is 14.6 Å². The van der Waals surface area contributed by atoms with Crippen molar-refractivity contribution in [2.45, 2.75) is 6.92 Å². The number of Topliss-reactive ketones (excluding diaryl/α,β-unsaturated/α-hetero) is 1. The summed E-state index contributed by atoms with van der Waals surface area (Å²) in [6.45, 7) is 1.27. The van der Waals surface area contributed by atoms with Crippen molar-refractivity contribution in [2.75, 3.05) is 13.7 Å². The highest BCUT2D eigenvalue weighted by atomic mass is 16.5. The van der Waals surface area contributed by atoms with Crippen LogP contribution in [-0.2, 0) is 4.79 Å². The standard InChI is InChI=1S/C11H12O5/c1-7(12)6-16-10-5-8(11(13)14)3-4-9(10)15-2/h3-5H,6H2,1-2H3,(H,13,14). The lowest BCUT2D eigenvalue weighted by Gasteiger charge is -2.09. The van der Waals surface area contributed by atoms with Gasteiger partial charge in [-0.1, -0.05) is 0 Å². The molecule has 1 aromatic carbocycles. The van der Waals surface area contributed by atoms with Gasteiger partial charge in [0, 0.05) is 0 Å². The van der Waals surface area contributed by atoms with Gasteiger partial charge >= 0.3 is 5.97 Å². The number of carbonyl (C=O) groups is 2. The first-order valence-corrected chi connectivity index (χ1v) is 4.58. The second-order valence-electron chi connectivity index (χ2n) is 3.16. The first-order chi connectivity index (χ1) is 7.54. The molecule has 0 bridgehead atoms. The monoisotopic (exact) mass is 224 g/mol. The molecule has 0 fully saturated rings. The van der Waals surface area contributed by atoms with Crippen molar-refractivity contribution in [1.82, 2.24) is 0 Å². The highest BCUT2D eigenvalue weighted by Crippen LogP contribution is 2.27. The number of rotatable bonds is 5. The maximum absolute atomic E-state index is 10.8. The summed E-state index contributed by atoms with van der Waals surface area (Å²) in [6.07, 6.45) is 0. The minimum atomic E-state index is -1.06. The van der Waals surface area contributed by atoms with E-state index in [1.54, 1.807) is 0 Å². The van der Waals surface area contributed by atoms with Crippen LogP contribution in [0, 0.1) is 0 Å². The van der Waals surface area contributed by atoms with Crippen molar-refractivity contribution in [3.8, 4) is 11.5 Å². The molecule has 0 unspecified atom stereocenters. The van der Waals surface area contributed by atoms with Crippen LogP contribution in [0.1, 0.15) is 17.3 Å². The lowest BCUT2D eigenvalue weighted by atomic mass is 10.2. The van der Waals surface area contributed by atoms with Gasteiger partial charge in [0.15, 0.2) is 17.3 Å². The SMILES string of the molecule is COc1ccc(C(=O)O)cc1OCC(C)=O. The van der Waals surface area contributed by atoms with Crippen LogP contribution in [0.15, 0.2) is 18.2 Å². The molecule has 0 amide bonds. The van der Waals surface area contributed by atoms with E-state index < -0.39 is 5.97 Å². The second kappa shape index (κ2) is 5.16. The Bertz CT molecular complexity index is 411. The minimum Gasteiger partial charge on any atom is -0.493 e. The second-order valence-corrected chi connectivity index (χ2v) is 3.16. The first-order valence-electron chi connectivity index (χ1n) is 4.58. The van der Waals surface area contributed by atoms with Crippen molar-refractivity contribution in [2.24, 2.45) is 0 Å². The molecule has 0 atom stereocenters. The predicted molar refractivity (Wildman–Crippen MR) is 56.1 cm³/mol. The van der Waals surface area contributed by atoms with E-state index >= 15 is 0 Å². The number of carboxylic acid groups (broad SMARTS) is 1. The summed E-state index contributed by atoms with van der Waals surface area (Å²) in [7, 11) is 1.44. The number of hydrogen-bond acceptors (Lipinski definition) is 4. The van der Waals surface area contributed by atoms with Gasteiger partial charge in [0.05, 0.1) is 12.7 Å². The summed E-state index contributed by atoms with van der Waals surface area (Å²) in [5.74, 6) is -0.568. The molecule has 1 N–H and O–H groups in total. The summed E-state index contributed by atoms with van der Waals surface area (Å²) < 4.78 is 10.1. The zero-order chi connectivity index (χ0) is 12.1. The number of methoxy groups -OCH3 is 1. The Morgan fingerprint density at radius 1 is 1.31 bits per heavy atom. The van der Waals surface area contributed by atoms with E-state index in [9.17, 15) is 9.59 Å². The molecule has 0 spiro atoms. The smallest absolute Gasteiger partial charge is 0.335 e. The zero-order valence-electron chi connectivity index (χ0n) is 9.02. The average molecular weight is 224 g/mol. The van der Waals surface area contributed by atoms with E-state index in [0.29, 0.717) is 5.75 Å². The third-order valence-corrected chi connectivity index (χ3v) is 1.84. The van der Waals surface area contributed by atoms with Gasteiger partial charge in [-0.2, -0.15) is 0 Å². The van der Waals surface area contributed by atoms with E-state index in [1.807, 2.05) is 0 Å². The number of benzene rings is 1. The van der Waals surface area contributed by atoms with Crippen LogP contribution in [0.4, 0.5) is 0 Å². The maximum Gasteiger partial charge on any atom is 0.335 e.